The summed E-state index contributed by atoms with van der Waals surface area (Å²) in [6.45, 7) is 7.05. The van der Waals surface area contributed by atoms with Crippen molar-refractivity contribution in [3.05, 3.63) is 91.7 Å². The van der Waals surface area contributed by atoms with E-state index < -0.39 is 12.0 Å². The number of rotatable bonds is 6. The van der Waals surface area contributed by atoms with Gasteiger partial charge in [0.25, 0.3) is 5.56 Å². The smallest absolute Gasteiger partial charge is 0.356 e. The average molecular weight is 522 g/mol. The van der Waals surface area contributed by atoms with Crippen LogP contribution < -0.4 is 15.8 Å². The summed E-state index contributed by atoms with van der Waals surface area (Å²) in [7, 11) is 0. The largest absolute Gasteiger partial charge is 0.476 e. The first-order valence-electron chi connectivity index (χ1n) is 11.9. The second-order valence-corrected chi connectivity index (χ2v) is 9.57. The van der Waals surface area contributed by atoms with Crippen molar-refractivity contribution in [2.75, 3.05) is 10.2 Å². The predicted octanol–water partition coefficient (Wildman–Crippen LogP) is 5.30. The number of aromatic nitrogens is 3. The van der Waals surface area contributed by atoms with Crippen molar-refractivity contribution in [2.24, 2.45) is 0 Å². The molecule has 0 fully saturated rings. The summed E-state index contributed by atoms with van der Waals surface area (Å²) in [5.41, 5.74) is 3.95. The van der Waals surface area contributed by atoms with Crippen molar-refractivity contribution in [3.63, 3.8) is 0 Å². The molecule has 8 nitrogen and oxygen atoms in total. The van der Waals surface area contributed by atoms with Crippen LogP contribution in [0, 0.1) is 12.7 Å². The van der Waals surface area contributed by atoms with E-state index in [1.54, 1.807) is 16.7 Å². The zero-order valence-electron chi connectivity index (χ0n) is 20.5. The molecule has 1 atom stereocenters. The van der Waals surface area contributed by atoms with Crippen molar-refractivity contribution >= 4 is 40.1 Å². The van der Waals surface area contributed by atoms with E-state index in [0.717, 1.165) is 22.3 Å². The number of halogens is 2. The fourth-order valence-electron chi connectivity index (χ4n) is 4.88. The number of hydrogen-bond donors (Lipinski definition) is 2. The molecule has 190 valence electrons. The third-order valence-electron chi connectivity index (χ3n) is 6.60. The number of fused-ring (bicyclic) bond motifs is 2. The number of hydrogen-bond acceptors (Lipinski definition) is 6. The van der Waals surface area contributed by atoms with Gasteiger partial charge in [0.1, 0.15) is 11.0 Å². The molecule has 2 aromatic heterocycles. The molecule has 1 aliphatic rings. The fraction of sp³-hybridized carbons (Fsp3) is 0.259. The van der Waals surface area contributed by atoms with Gasteiger partial charge in [0.15, 0.2) is 5.69 Å². The molecule has 0 saturated carbocycles. The second-order valence-electron chi connectivity index (χ2n) is 9.18. The van der Waals surface area contributed by atoms with Crippen molar-refractivity contribution in [1.82, 2.24) is 14.5 Å². The van der Waals surface area contributed by atoms with Crippen LogP contribution in [0.4, 0.5) is 16.0 Å². The van der Waals surface area contributed by atoms with Gasteiger partial charge in [-0.2, -0.15) is 0 Å². The summed E-state index contributed by atoms with van der Waals surface area (Å²) in [6.07, 6.45) is 0. The molecule has 2 aromatic carbocycles. The fourth-order valence-corrected chi connectivity index (χ4v) is 5.03. The normalized spacial score (nSPS) is 13.6. The van der Waals surface area contributed by atoms with Gasteiger partial charge in [0, 0.05) is 25.2 Å². The van der Waals surface area contributed by atoms with Crippen LogP contribution in [0.15, 0.2) is 47.3 Å². The zero-order chi connectivity index (χ0) is 26.4. The van der Waals surface area contributed by atoms with Crippen molar-refractivity contribution in [3.8, 4) is 0 Å². The molecule has 0 unspecified atom stereocenters. The lowest BCUT2D eigenvalue weighted by Crippen LogP contribution is -2.30. The van der Waals surface area contributed by atoms with E-state index in [1.807, 2.05) is 37.8 Å². The lowest BCUT2D eigenvalue weighted by molar-refractivity contribution is 0.0691. The Morgan fingerprint density at radius 1 is 1.16 bits per heavy atom. The number of anilines is 2. The minimum Gasteiger partial charge on any atom is -0.476 e. The van der Waals surface area contributed by atoms with E-state index in [2.05, 4.69) is 10.3 Å². The maximum atomic E-state index is 13.8. The summed E-state index contributed by atoms with van der Waals surface area (Å²) >= 11 is 5.91. The first-order chi connectivity index (χ1) is 17.7. The third-order valence-corrected chi connectivity index (χ3v) is 6.82. The lowest BCUT2D eigenvalue weighted by atomic mass is 10.0. The van der Waals surface area contributed by atoms with Gasteiger partial charge in [-0.15, -0.1) is 0 Å². The quantitative estimate of drug-likeness (QED) is 0.332. The minimum absolute atomic E-state index is 0.0783. The van der Waals surface area contributed by atoms with Crippen LogP contribution in [0.3, 0.4) is 0 Å². The molecule has 0 radical (unpaired) electrons. The van der Waals surface area contributed by atoms with Crippen molar-refractivity contribution in [1.29, 1.82) is 0 Å². The number of aryl methyl sites for hydroxylation is 1. The van der Waals surface area contributed by atoms with E-state index in [4.69, 9.17) is 16.6 Å². The molecule has 0 bridgehead atoms. The highest BCUT2D eigenvalue weighted by molar-refractivity contribution is 6.29. The highest BCUT2D eigenvalue weighted by Gasteiger charge is 2.26. The molecule has 5 rings (SSSR count). The summed E-state index contributed by atoms with van der Waals surface area (Å²) in [6, 6.07) is 11.1. The van der Waals surface area contributed by atoms with E-state index in [0.29, 0.717) is 42.2 Å². The number of carboxylic acid groups (broad SMARTS) is 1. The number of carboxylic acids is 1. The van der Waals surface area contributed by atoms with Crippen LogP contribution in [0.1, 0.15) is 52.6 Å². The number of carbonyl (C=O) groups is 1. The summed E-state index contributed by atoms with van der Waals surface area (Å²) < 4.78 is 15.5. The van der Waals surface area contributed by atoms with Gasteiger partial charge in [0.05, 0.1) is 22.6 Å². The lowest BCUT2D eigenvalue weighted by Gasteiger charge is -2.24. The van der Waals surface area contributed by atoms with Crippen molar-refractivity contribution in [2.45, 2.75) is 46.4 Å². The molecular formula is C27H25ClFN5O3. The maximum absolute atomic E-state index is 13.8. The standard InChI is InChI=1S/C27H25ClFN5O3/c1-4-34-25(35)20-10-14(2)9-19(15(3)30-21-7-8-22(28)31-24(21)26(36)37)23(20)32-27(34)33-12-16-5-6-18(29)11-17(16)13-33/h5-11,15,30H,4,12-13H2,1-3H3,(H,36,37)/t15-/m1/s1. The highest BCUT2D eigenvalue weighted by atomic mass is 35.5. The Labute approximate surface area is 217 Å². The molecule has 0 spiro atoms. The number of benzene rings is 2. The van der Waals surface area contributed by atoms with E-state index >= 15 is 0 Å². The van der Waals surface area contributed by atoms with Crippen LogP contribution in [0.5, 0.6) is 0 Å². The Balaban J connectivity index is 1.62. The molecule has 37 heavy (non-hydrogen) atoms. The Morgan fingerprint density at radius 3 is 2.65 bits per heavy atom. The summed E-state index contributed by atoms with van der Waals surface area (Å²) in [4.78, 5) is 36.3. The van der Waals surface area contributed by atoms with E-state index in [1.165, 1.54) is 18.2 Å². The van der Waals surface area contributed by atoms with Gasteiger partial charge in [-0.05, 0) is 67.8 Å². The van der Waals surface area contributed by atoms with Gasteiger partial charge in [-0.25, -0.2) is 19.2 Å². The number of aromatic carboxylic acids is 1. The molecule has 0 aliphatic carbocycles. The Morgan fingerprint density at radius 2 is 1.92 bits per heavy atom. The molecule has 4 aromatic rings. The van der Waals surface area contributed by atoms with Gasteiger partial charge in [-0.3, -0.25) is 9.36 Å². The molecular weight excluding hydrogens is 497 g/mol. The van der Waals surface area contributed by atoms with Gasteiger partial charge >= 0.3 is 5.97 Å². The molecule has 10 heteroatoms. The van der Waals surface area contributed by atoms with Crippen LogP contribution in [0.25, 0.3) is 10.9 Å². The molecule has 0 saturated heterocycles. The van der Waals surface area contributed by atoms with E-state index in [9.17, 15) is 19.1 Å². The topological polar surface area (TPSA) is 100 Å². The van der Waals surface area contributed by atoms with Crippen molar-refractivity contribution < 1.29 is 14.3 Å². The monoisotopic (exact) mass is 521 g/mol. The predicted molar refractivity (Wildman–Crippen MR) is 141 cm³/mol. The van der Waals surface area contributed by atoms with Gasteiger partial charge in [0.2, 0.25) is 5.95 Å². The van der Waals surface area contributed by atoms with E-state index in [-0.39, 0.29) is 22.2 Å². The first kappa shape index (κ1) is 24.7. The molecule has 2 N–H and O–H groups in total. The molecule has 3 heterocycles. The maximum Gasteiger partial charge on any atom is 0.356 e. The average Bonchev–Trinajstić information content (AvgIpc) is 3.27. The third kappa shape index (κ3) is 4.51. The van der Waals surface area contributed by atoms with Crippen LogP contribution in [0.2, 0.25) is 5.15 Å². The zero-order valence-corrected chi connectivity index (χ0v) is 21.3. The second kappa shape index (κ2) is 9.48. The van der Waals surface area contributed by atoms with Gasteiger partial charge < -0.3 is 15.3 Å². The minimum atomic E-state index is -1.21. The Kier molecular flexibility index (Phi) is 6.33. The SMILES string of the molecule is CCn1c(N2Cc3ccc(F)cc3C2)nc2c([C@@H](C)Nc3ccc(Cl)nc3C(=O)O)cc(C)cc2c1=O. The number of nitrogens with one attached hydrogen (secondary N) is 1. The van der Waals surface area contributed by atoms with Crippen LogP contribution >= 0.6 is 11.6 Å². The highest BCUT2D eigenvalue weighted by Crippen LogP contribution is 2.32. The first-order valence-corrected chi connectivity index (χ1v) is 12.3. The van der Waals surface area contributed by atoms with Crippen LogP contribution in [-0.4, -0.2) is 25.6 Å². The summed E-state index contributed by atoms with van der Waals surface area (Å²) in [5, 5.41) is 13.3. The summed E-state index contributed by atoms with van der Waals surface area (Å²) in [5.74, 6) is -0.995. The van der Waals surface area contributed by atoms with Gasteiger partial charge in [-0.1, -0.05) is 23.7 Å². The van der Waals surface area contributed by atoms with Crippen LogP contribution in [-0.2, 0) is 19.6 Å². The number of pyridine rings is 1. The molecule has 0 amide bonds. The number of nitrogens with zero attached hydrogens (tertiary/aromatic N) is 4. The Hall–Kier alpha value is -3.98. The molecule has 1 aliphatic heterocycles. The Bertz CT molecular complexity index is 1620.